The number of carbonyl (C=O) groups excluding carboxylic acids is 1. The van der Waals surface area contributed by atoms with Crippen LogP contribution in [0.3, 0.4) is 0 Å². The number of benzene rings is 3. The lowest BCUT2D eigenvalue weighted by atomic mass is 10.0. The molecule has 0 aliphatic carbocycles. The third kappa shape index (κ3) is 5.69. The largest absolute Gasteiger partial charge is 0.325 e. The molecule has 0 saturated carbocycles. The van der Waals surface area contributed by atoms with E-state index < -0.39 is 10.0 Å². The van der Waals surface area contributed by atoms with E-state index in [9.17, 15) is 13.2 Å². The number of carbonyl (C=O) groups is 1. The fourth-order valence-electron chi connectivity index (χ4n) is 3.98. The van der Waals surface area contributed by atoms with Crippen molar-refractivity contribution in [1.82, 2.24) is 9.21 Å². The molecular formula is C26H26N4O3S. The molecule has 1 amide bonds. The standard InChI is InChI=1S/C26H26N4O3S/c27-19-22-10-12-24(13-11-22)34(32,33)30-16-14-29(15-17-30)20-26(31)28-25-9-5-4-8-23(25)18-21-6-2-1-3-7-21/h1-13H,14-18,20H2,(H,28,31). The zero-order valence-corrected chi connectivity index (χ0v) is 19.5. The molecule has 1 fully saturated rings. The SMILES string of the molecule is N#Cc1ccc(S(=O)(=O)N2CCN(CC(=O)Nc3ccccc3Cc3ccccc3)CC2)cc1. The lowest BCUT2D eigenvalue weighted by molar-refractivity contribution is -0.117. The van der Waals surface area contributed by atoms with E-state index >= 15 is 0 Å². The normalized spacial score (nSPS) is 14.9. The van der Waals surface area contributed by atoms with E-state index in [0.29, 0.717) is 31.7 Å². The summed E-state index contributed by atoms with van der Waals surface area (Å²) in [6, 6.07) is 25.8. The van der Waals surface area contributed by atoms with E-state index in [0.717, 1.165) is 17.7 Å². The molecule has 0 bridgehead atoms. The minimum atomic E-state index is -3.63. The van der Waals surface area contributed by atoms with Gasteiger partial charge >= 0.3 is 0 Å². The van der Waals surface area contributed by atoms with E-state index in [4.69, 9.17) is 5.26 Å². The predicted molar refractivity (Wildman–Crippen MR) is 131 cm³/mol. The topological polar surface area (TPSA) is 93.5 Å². The van der Waals surface area contributed by atoms with Crippen molar-refractivity contribution >= 4 is 21.6 Å². The van der Waals surface area contributed by atoms with Crippen molar-refractivity contribution in [3.63, 3.8) is 0 Å². The number of rotatable bonds is 7. The second kappa shape index (κ2) is 10.6. The van der Waals surface area contributed by atoms with Gasteiger partial charge in [-0.1, -0.05) is 48.5 Å². The van der Waals surface area contributed by atoms with Gasteiger partial charge in [0.05, 0.1) is 23.1 Å². The predicted octanol–water partition coefficient (Wildman–Crippen LogP) is 3.09. The number of nitriles is 1. The van der Waals surface area contributed by atoms with Crippen molar-refractivity contribution < 1.29 is 13.2 Å². The molecule has 1 saturated heterocycles. The second-order valence-electron chi connectivity index (χ2n) is 8.18. The first-order valence-corrected chi connectivity index (χ1v) is 12.5. The molecule has 8 heteroatoms. The zero-order valence-electron chi connectivity index (χ0n) is 18.7. The maximum atomic E-state index is 12.9. The zero-order chi connectivity index (χ0) is 24.0. The van der Waals surface area contributed by atoms with Crippen LogP contribution < -0.4 is 5.32 Å². The van der Waals surface area contributed by atoms with E-state index in [1.165, 1.54) is 34.1 Å². The van der Waals surface area contributed by atoms with Crippen molar-refractivity contribution in [2.45, 2.75) is 11.3 Å². The van der Waals surface area contributed by atoms with Gasteiger partial charge in [-0.05, 0) is 47.9 Å². The average molecular weight is 475 g/mol. The Labute approximate surface area is 200 Å². The molecule has 4 rings (SSSR count). The van der Waals surface area contributed by atoms with Gasteiger partial charge in [0.15, 0.2) is 0 Å². The first-order valence-electron chi connectivity index (χ1n) is 11.1. The highest BCUT2D eigenvalue weighted by Gasteiger charge is 2.29. The van der Waals surface area contributed by atoms with Crippen LogP contribution in [-0.4, -0.2) is 56.3 Å². The number of hydrogen-bond acceptors (Lipinski definition) is 5. The van der Waals surface area contributed by atoms with Gasteiger partial charge in [0.25, 0.3) is 0 Å². The molecule has 1 heterocycles. The van der Waals surface area contributed by atoms with Gasteiger partial charge in [-0.3, -0.25) is 9.69 Å². The second-order valence-corrected chi connectivity index (χ2v) is 10.1. The summed E-state index contributed by atoms with van der Waals surface area (Å²) in [5.41, 5.74) is 3.42. The van der Waals surface area contributed by atoms with Crippen LogP contribution >= 0.6 is 0 Å². The van der Waals surface area contributed by atoms with Gasteiger partial charge in [-0.2, -0.15) is 9.57 Å². The fraction of sp³-hybridized carbons (Fsp3) is 0.231. The Hall–Kier alpha value is -3.51. The van der Waals surface area contributed by atoms with E-state index in [-0.39, 0.29) is 17.3 Å². The van der Waals surface area contributed by atoms with Gasteiger partial charge in [-0.25, -0.2) is 8.42 Å². The maximum absolute atomic E-state index is 12.9. The quantitative estimate of drug-likeness (QED) is 0.568. The number of nitrogens with zero attached hydrogens (tertiary/aromatic N) is 3. The number of para-hydroxylation sites is 1. The van der Waals surface area contributed by atoms with Crippen LogP contribution in [0.2, 0.25) is 0 Å². The Morgan fingerprint density at radius 2 is 1.53 bits per heavy atom. The van der Waals surface area contributed by atoms with Crippen molar-refractivity contribution in [1.29, 1.82) is 5.26 Å². The highest BCUT2D eigenvalue weighted by Crippen LogP contribution is 2.20. The van der Waals surface area contributed by atoms with E-state index in [1.807, 2.05) is 53.4 Å². The van der Waals surface area contributed by atoms with Gasteiger partial charge < -0.3 is 5.32 Å². The van der Waals surface area contributed by atoms with Crippen LogP contribution in [0.1, 0.15) is 16.7 Å². The summed E-state index contributed by atoms with van der Waals surface area (Å²) >= 11 is 0. The van der Waals surface area contributed by atoms with Crippen LogP contribution in [0.5, 0.6) is 0 Å². The summed E-state index contributed by atoms with van der Waals surface area (Å²) in [5, 5.41) is 11.9. The summed E-state index contributed by atoms with van der Waals surface area (Å²) in [6.07, 6.45) is 0.725. The molecule has 1 aliphatic rings. The third-order valence-corrected chi connectivity index (χ3v) is 7.76. The van der Waals surface area contributed by atoms with Crippen LogP contribution in [0.4, 0.5) is 5.69 Å². The number of sulfonamides is 1. The number of hydrogen-bond donors (Lipinski definition) is 1. The molecule has 3 aromatic carbocycles. The number of anilines is 1. The minimum absolute atomic E-state index is 0.121. The molecule has 0 aromatic heterocycles. The first kappa shape index (κ1) is 23.6. The monoisotopic (exact) mass is 474 g/mol. The van der Waals surface area contributed by atoms with Crippen LogP contribution in [0, 0.1) is 11.3 Å². The molecular weight excluding hydrogens is 448 g/mol. The summed E-state index contributed by atoms with van der Waals surface area (Å²) < 4.78 is 27.2. The first-order chi connectivity index (χ1) is 16.5. The molecule has 0 spiro atoms. The Balaban J connectivity index is 1.32. The van der Waals surface area contributed by atoms with Gasteiger partial charge in [0.2, 0.25) is 15.9 Å². The summed E-state index contributed by atoms with van der Waals surface area (Å²) in [6.45, 7) is 1.74. The number of nitrogens with one attached hydrogen (secondary N) is 1. The molecule has 0 unspecified atom stereocenters. The Bertz CT molecular complexity index is 1280. The van der Waals surface area contributed by atoms with Gasteiger partial charge in [0, 0.05) is 31.9 Å². The Morgan fingerprint density at radius 3 is 2.21 bits per heavy atom. The lowest BCUT2D eigenvalue weighted by Gasteiger charge is -2.33. The average Bonchev–Trinajstić information content (AvgIpc) is 2.86. The molecule has 7 nitrogen and oxygen atoms in total. The van der Waals surface area contributed by atoms with Crippen molar-refractivity contribution in [3.8, 4) is 6.07 Å². The minimum Gasteiger partial charge on any atom is -0.325 e. The molecule has 0 atom stereocenters. The molecule has 174 valence electrons. The highest BCUT2D eigenvalue weighted by atomic mass is 32.2. The molecule has 34 heavy (non-hydrogen) atoms. The summed E-state index contributed by atoms with van der Waals surface area (Å²) in [5.74, 6) is -0.121. The Morgan fingerprint density at radius 1 is 0.882 bits per heavy atom. The van der Waals surface area contributed by atoms with Gasteiger partial charge in [-0.15, -0.1) is 0 Å². The van der Waals surface area contributed by atoms with Gasteiger partial charge in [0.1, 0.15) is 0 Å². The molecule has 1 N–H and O–H groups in total. The Kier molecular flexibility index (Phi) is 7.38. The maximum Gasteiger partial charge on any atom is 0.243 e. The number of amides is 1. The van der Waals surface area contributed by atoms with Crippen molar-refractivity contribution in [2.24, 2.45) is 0 Å². The molecule has 0 radical (unpaired) electrons. The van der Waals surface area contributed by atoms with Crippen LogP contribution in [0.15, 0.2) is 83.8 Å². The summed E-state index contributed by atoms with van der Waals surface area (Å²) in [7, 11) is -3.63. The third-order valence-electron chi connectivity index (χ3n) is 5.85. The lowest BCUT2D eigenvalue weighted by Crippen LogP contribution is -2.50. The van der Waals surface area contributed by atoms with Crippen molar-refractivity contribution in [3.05, 3.63) is 95.6 Å². The summed E-state index contributed by atoms with van der Waals surface area (Å²) in [4.78, 5) is 14.9. The van der Waals surface area contributed by atoms with E-state index in [1.54, 1.807) is 0 Å². The van der Waals surface area contributed by atoms with E-state index in [2.05, 4.69) is 17.4 Å². The molecule has 1 aliphatic heterocycles. The highest BCUT2D eigenvalue weighted by molar-refractivity contribution is 7.89. The fourth-order valence-corrected chi connectivity index (χ4v) is 5.41. The number of piperazine rings is 1. The van der Waals surface area contributed by atoms with Crippen LogP contribution in [-0.2, 0) is 21.2 Å². The molecule has 3 aromatic rings. The van der Waals surface area contributed by atoms with Crippen molar-refractivity contribution in [2.75, 3.05) is 38.0 Å². The smallest absolute Gasteiger partial charge is 0.243 e. The van der Waals surface area contributed by atoms with Crippen LogP contribution in [0.25, 0.3) is 0 Å².